The van der Waals surface area contributed by atoms with E-state index in [0.29, 0.717) is 35.9 Å². The summed E-state index contributed by atoms with van der Waals surface area (Å²) in [4.78, 5) is 31.5. The number of halogens is 3. The van der Waals surface area contributed by atoms with Gasteiger partial charge in [0.2, 0.25) is 0 Å². The average molecular weight is 621 g/mol. The second-order valence-electron chi connectivity index (χ2n) is 8.32. The number of amides is 2. The zero-order chi connectivity index (χ0) is 27.3. The molecule has 0 bridgehead atoms. The van der Waals surface area contributed by atoms with Gasteiger partial charge in [0.05, 0.1) is 0 Å². The molecule has 0 aliphatic carbocycles. The Balaban J connectivity index is 0.00000533. The molecule has 1 aromatic heterocycles. The van der Waals surface area contributed by atoms with Crippen LogP contribution in [0, 0.1) is 23.7 Å². The summed E-state index contributed by atoms with van der Waals surface area (Å²) < 4.78 is 10.4. The topological polar surface area (TPSA) is 124 Å². The maximum Gasteiger partial charge on any atom is 0.410 e. The molecule has 2 aromatic carbocycles. The molecule has 3 aromatic rings. The molecule has 41 heavy (non-hydrogen) atoms. The predicted octanol–water partition coefficient (Wildman–Crippen LogP) is 4.75. The summed E-state index contributed by atoms with van der Waals surface area (Å²) in [6, 6.07) is 19.8. The third kappa shape index (κ3) is 13.1. The molecule has 3 rings (SSSR count). The van der Waals surface area contributed by atoms with Gasteiger partial charge >= 0.3 is 12.2 Å². The van der Waals surface area contributed by atoms with Gasteiger partial charge < -0.3 is 30.7 Å². The van der Waals surface area contributed by atoms with Crippen molar-refractivity contribution >= 4 is 60.8 Å². The number of nitrogens with zero attached hydrogens (tertiary/aromatic N) is 3. The quantitative estimate of drug-likeness (QED) is 0.301. The van der Waals surface area contributed by atoms with Gasteiger partial charge in [0.25, 0.3) is 0 Å². The van der Waals surface area contributed by atoms with Gasteiger partial charge in [0.15, 0.2) is 13.2 Å². The van der Waals surface area contributed by atoms with Crippen molar-refractivity contribution in [3.63, 3.8) is 0 Å². The van der Waals surface area contributed by atoms with Gasteiger partial charge in [-0.05, 0) is 59.4 Å². The molecule has 0 saturated carbocycles. The number of rotatable bonds is 6. The van der Waals surface area contributed by atoms with Gasteiger partial charge in [-0.2, -0.15) is 0 Å². The summed E-state index contributed by atoms with van der Waals surface area (Å²) >= 11 is 0. The zero-order valence-electron chi connectivity index (χ0n) is 22.5. The molecular formula is C29H32Cl3N5O4. The van der Waals surface area contributed by atoms with Crippen LogP contribution in [0.2, 0.25) is 0 Å². The Bertz CT molecular complexity index is 1310. The smallest absolute Gasteiger partial charge is 0.410 e. The molecule has 9 nitrogen and oxygen atoms in total. The Labute approximate surface area is 258 Å². The number of aromatic nitrogens is 1. The molecule has 2 amide bonds. The standard InChI is InChI=1S/C29H29N5O4.3ClH/c1-33(20-22-8-3-10-24(30)18-22)28(35)37-16-6-14-26-12-5-13-27(32-26)15-7-17-38-29(36)34(2)21-23-9-4-11-25(31)19-23;;;/h3-5,8-13,18-19H,16-17,20-21,30-31H2,1-2H3;3*1H. The molecule has 12 heteroatoms. The average Bonchev–Trinajstić information content (AvgIpc) is 2.89. The SMILES string of the molecule is CN(Cc1cccc(N)c1)C(=O)OCC#Cc1cccc(C#CCOC(=O)N(C)Cc2cccc(N)c2)n1.Cl.Cl.Cl. The monoisotopic (exact) mass is 619 g/mol. The van der Waals surface area contributed by atoms with Gasteiger partial charge in [-0.3, -0.25) is 0 Å². The fourth-order valence-electron chi connectivity index (χ4n) is 3.30. The van der Waals surface area contributed by atoms with Crippen molar-refractivity contribution in [1.82, 2.24) is 14.8 Å². The summed E-state index contributed by atoms with van der Waals surface area (Å²) in [6.07, 6.45) is -0.996. The van der Waals surface area contributed by atoms with Gasteiger partial charge in [-0.25, -0.2) is 14.6 Å². The summed E-state index contributed by atoms with van der Waals surface area (Å²) in [5.41, 5.74) is 15.5. The zero-order valence-corrected chi connectivity index (χ0v) is 25.0. The Kier molecular flexibility index (Phi) is 16.9. The molecule has 4 N–H and O–H groups in total. The van der Waals surface area contributed by atoms with Gasteiger partial charge in [-0.1, -0.05) is 42.2 Å². The van der Waals surface area contributed by atoms with E-state index in [1.165, 1.54) is 9.80 Å². The van der Waals surface area contributed by atoms with Crippen LogP contribution in [0.3, 0.4) is 0 Å². The van der Waals surface area contributed by atoms with E-state index in [0.717, 1.165) is 11.1 Å². The van der Waals surface area contributed by atoms with Crippen molar-refractivity contribution in [2.45, 2.75) is 13.1 Å². The van der Waals surface area contributed by atoms with Crippen LogP contribution in [0.1, 0.15) is 22.5 Å². The molecule has 0 aliphatic rings. The van der Waals surface area contributed by atoms with E-state index in [9.17, 15) is 9.59 Å². The van der Waals surface area contributed by atoms with Crippen LogP contribution in [-0.2, 0) is 22.6 Å². The van der Waals surface area contributed by atoms with Gasteiger partial charge in [-0.15, -0.1) is 37.2 Å². The molecule has 0 atom stereocenters. The van der Waals surface area contributed by atoms with Crippen LogP contribution in [0.5, 0.6) is 0 Å². The third-order valence-corrected chi connectivity index (χ3v) is 5.08. The molecular weight excluding hydrogens is 589 g/mol. The van der Waals surface area contributed by atoms with Crippen LogP contribution in [-0.4, -0.2) is 54.3 Å². The lowest BCUT2D eigenvalue weighted by Gasteiger charge is -2.16. The molecule has 0 aliphatic heterocycles. The lowest BCUT2D eigenvalue weighted by molar-refractivity contribution is 0.120. The second kappa shape index (κ2) is 18.9. The molecule has 0 saturated heterocycles. The first-order valence-corrected chi connectivity index (χ1v) is 11.7. The number of anilines is 2. The minimum Gasteiger partial charge on any atom is -0.436 e. The van der Waals surface area contributed by atoms with Crippen molar-refractivity contribution < 1.29 is 19.1 Å². The number of nitrogen functional groups attached to an aromatic ring is 2. The number of carbonyl (C=O) groups is 2. The second-order valence-corrected chi connectivity index (χ2v) is 8.32. The van der Waals surface area contributed by atoms with Crippen molar-refractivity contribution in [2.75, 3.05) is 38.8 Å². The predicted molar refractivity (Wildman–Crippen MR) is 167 cm³/mol. The Hall–Kier alpha value is -4.28. The first kappa shape index (κ1) is 36.7. The number of ether oxygens (including phenoxy) is 2. The number of pyridine rings is 1. The molecule has 0 spiro atoms. The highest BCUT2D eigenvalue weighted by Gasteiger charge is 2.11. The van der Waals surface area contributed by atoms with E-state index in [4.69, 9.17) is 20.9 Å². The lowest BCUT2D eigenvalue weighted by atomic mass is 10.2. The Morgan fingerprint density at radius 1 is 0.707 bits per heavy atom. The van der Waals surface area contributed by atoms with Crippen LogP contribution < -0.4 is 11.5 Å². The first-order chi connectivity index (χ1) is 18.3. The Morgan fingerprint density at radius 3 is 1.49 bits per heavy atom. The maximum atomic E-state index is 12.2. The molecule has 0 fully saturated rings. The minimum absolute atomic E-state index is 0. The van der Waals surface area contributed by atoms with Crippen LogP contribution in [0.15, 0.2) is 66.7 Å². The van der Waals surface area contributed by atoms with Crippen molar-refractivity contribution in [3.05, 3.63) is 89.2 Å². The maximum absolute atomic E-state index is 12.2. The lowest BCUT2D eigenvalue weighted by Crippen LogP contribution is -2.27. The molecule has 218 valence electrons. The fraction of sp³-hybridized carbons (Fsp3) is 0.207. The number of carbonyl (C=O) groups excluding carboxylic acids is 2. The minimum atomic E-state index is -0.498. The summed E-state index contributed by atoms with van der Waals surface area (Å²) in [6.45, 7) is 0.564. The van der Waals surface area contributed by atoms with Crippen molar-refractivity contribution in [1.29, 1.82) is 0 Å². The number of hydrogen-bond acceptors (Lipinski definition) is 7. The number of benzene rings is 2. The van der Waals surface area contributed by atoms with Gasteiger partial charge in [0.1, 0.15) is 11.4 Å². The summed E-state index contributed by atoms with van der Waals surface area (Å²) in [7, 11) is 3.27. The first-order valence-electron chi connectivity index (χ1n) is 11.7. The summed E-state index contributed by atoms with van der Waals surface area (Å²) in [5, 5.41) is 0. The normalized spacial score (nSPS) is 9.02. The third-order valence-electron chi connectivity index (χ3n) is 5.08. The van der Waals surface area contributed by atoms with Crippen LogP contribution >= 0.6 is 37.2 Å². The highest BCUT2D eigenvalue weighted by molar-refractivity contribution is 5.86. The van der Waals surface area contributed by atoms with E-state index >= 15 is 0 Å². The van der Waals surface area contributed by atoms with Crippen LogP contribution in [0.4, 0.5) is 21.0 Å². The van der Waals surface area contributed by atoms with E-state index < -0.39 is 12.2 Å². The molecule has 0 unspecified atom stereocenters. The van der Waals surface area contributed by atoms with Crippen molar-refractivity contribution in [2.24, 2.45) is 0 Å². The van der Waals surface area contributed by atoms with E-state index in [1.54, 1.807) is 56.6 Å². The largest absolute Gasteiger partial charge is 0.436 e. The molecule has 1 heterocycles. The highest BCUT2D eigenvalue weighted by Crippen LogP contribution is 2.10. The number of hydrogen-bond donors (Lipinski definition) is 2. The molecule has 0 radical (unpaired) electrons. The Morgan fingerprint density at radius 2 is 1.10 bits per heavy atom. The highest BCUT2D eigenvalue weighted by atomic mass is 35.5. The van der Waals surface area contributed by atoms with E-state index in [2.05, 4.69) is 28.7 Å². The van der Waals surface area contributed by atoms with Crippen LogP contribution in [0.25, 0.3) is 0 Å². The van der Waals surface area contributed by atoms with E-state index in [1.807, 2.05) is 24.3 Å². The summed E-state index contributed by atoms with van der Waals surface area (Å²) in [5.74, 6) is 11.2. The van der Waals surface area contributed by atoms with E-state index in [-0.39, 0.29) is 50.4 Å². The van der Waals surface area contributed by atoms with Gasteiger partial charge in [0, 0.05) is 38.6 Å². The van der Waals surface area contributed by atoms with Crippen molar-refractivity contribution in [3.8, 4) is 23.7 Å². The fourth-order valence-corrected chi connectivity index (χ4v) is 3.30. The number of nitrogens with two attached hydrogens (primary N) is 2.